The fraction of sp³-hybridized carbons (Fsp3) is 0.444. The van der Waals surface area contributed by atoms with Crippen LogP contribution < -0.4 is 5.32 Å². The van der Waals surface area contributed by atoms with E-state index in [4.69, 9.17) is 9.05 Å². The monoisotopic (exact) mass is 379 g/mol. The van der Waals surface area contributed by atoms with Crippen molar-refractivity contribution in [2.24, 2.45) is 0 Å². The van der Waals surface area contributed by atoms with E-state index in [0.717, 1.165) is 5.56 Å². The highest BCUT2D eigenvalue weighted by molar-refractivity contribution is 7.54. The molecule has 0 bridgehead atoms. The van der Waals surface area contributed by atoms with Gasteiger partial charge >= 0.3 is 7.60 Å². The number of anilines is 1. The highest BCUT2D eigenvalue weighted by atomic mass is 31.2. The molecule has 2 N–H and O–H groups in total. The van der Waals surface area contributed by atoms with Gasteiger partial charge in [0.2, 0.25) is 0 Å². The van der Waals surface area contributed by atoms with Crippen LogP contribution in [0.15, 0.2) is 30.7 Å². The average molecular weight is 379 g/mol. The number of hydrogen-bond acceptors (Lipinski definition) is 7. The zero-order valence-corrected chi connectivity index (χ0v) is 16.5. The Balaban J connectivity index is 2.41. The second kappa shape index (κ2) is 9.12. The first-order chi connectivity index (χ1) is 12.4. The molecule has 7 nitrogen and oxygen atoms in total. The van der Waals surface area contributed by atoms with E-state index in [9.17, 15) is 9.67 Å². The van der Waals surface area contributed by atoms with E-state index >= 15 is 0 Å². The molecule has 0 aliphatic carbocycles. The Hall–Kier alpha value is -1.95. The first-order valence-electron chi connectivity index (χ1n) is 8.60. The smallest absolute Gasteiger partial charge is 0.339 e. The van der Waals surface area contributed by atoms with E-state index < -0.39 is 13.3 Å². The summed E-state index contributed by atoms with van der Waals surface area (Å²) in [7, 11) is -3.44. The summed E-state index contributed by atoms with van der Waals surface area (Å²) in [5.74, 6) is 0.807. The zero-order valence-electron chi connectivity index (χ0n) is 15.6. The second-order valence-electron chi connectivity index (χ2n) is 5.87. The number of aromatic hydroxyl groups is 1. The zero-order chi connectivity index (χ0) is 19.2. The third-order valence-corrected chi connectivity index (χ3v) is 6.42. The van der Waals surface area contributed by atoms with Crippen LogP contribution in [0.4, 0.5) is 5.82 Å². The number of hydrogen-bond donors (Lipinski definition) is 2. The summed E-state index contributed by atoms with van der Waals surface area (Å²) >= 11 is 0. The lowest BCUT2D eigenvalue weighted by molar-refractivity contribution is 0.213. The maximum atomic E-state index is 13.5. The third-order valence-electron chi connectivity index (χ3n) is 3.94. The van der Waals surface area contributed by atoms with Gasteiger partial charge in [-0.3, -0.25) is 9.55 Å². The van der Waals surface area contributed by atoms with Crippen molar-refractivity contribution in [3.63, 3.8) is 0 Å². The number of phenols is 1. The van der Waals surface area contributed by atoms with Crippen LogP contribution >= 0.6 is 7.60 Å². The van der Waals surface area contributed by atoms with Crippen molar-refractivity contribution in [1.29, 1.82) is 0 Å². The summed E-state index contributed by atoms with van der Waals surface area (Å²) in [4.78, 5) is 8.20. The molecular weight excluding hydrogens is 353 g/mol. The minimum atomic E-state index is -3.44. The standard InChI is InChI=1S/C18H26N3O4P/c1-5-24-26(23,25-6-2)16(11-21-17-12-19-7-8-20-17)15-9-13(3)18(22)14(4)10-15/h7-10,12,16,22H,5-6,11H2,1-4H3,(H,20,21). The number of aryl methyl sites for hydroxylation is 2. The van der Waals surface area contributed by atoms with Crippen molar-refractivity contribution in [2.45, 2.75) is 33.4 Å². The van der Waals surface area contributed by atoms with Gasteiger partial charge in [0.15, 0.2) is 0 Å². The summed E-state index contributed by atoms with van der Waals surface area (Å²) in [6.07, 6.45) is 4.76. The fourth-order valence-corrected chi connectivity index (χ4v) is 4.75. The summed E-state index contributed by atoms with van der Waals surface area (Å²) in [6.45, 7) is 8.03. The van der Waals surface area contributed by atoms with Gasteiger partial charge in [-0.05, 0) is 44.4 Å². The Morgan fingerprint density at radius 2 is 1.77 bits per heavy atom. The van der Waals surface area contributed by atoms with Crippen molar-refractivity contribution >= 4 is 13.4 Å². The Labute approximate surface area is 154 Å². The topological polar surface area (TPSA) is 93.6 Å². The first kappa shape index (κ1) is 20.4. The van der Waals surface area contributed by atoms with Crippen LogP contribution in [0.2, 0.25) is 0 Å². The molecule has 0 spiro atoms. The van der Waals surface area contributed by atoms with Crippen LogP contribution in [0.25, 0.3) is 0 Å². The molecule has 0 aliphatic rings. The first-order valence-corrected chi connectivity index (χ1v) is 10.2. The van der Waals surface area contributed by atoms with E-state index in [1.165, 1.54) is 0 Å². The van der Waals surface area contributed by atoms with Gasteiger partial charge in [0.25, 0.3) is 0 Å². The third kappa shape index (κ3) is 4.81. The molecule has 8 heteroatoms. The number of rotatable bonds is 9. The minimum absolute atomic E-state index is 0.233. The van der Waals surface area contributed by atoms with Crippen molar-refractivity contribution in [1.82, 2.24) is 9.97 Å². The van der Waals surface area contributed by atoms with E-state index in [1.807, 2.05) is 26.0 Å². The van der Waals surface area contributed by atoms with Crippen LogP contribution in [0.5, 0.6) is 5.75 Å². The van der Waals surface area contributed by atoms with Crippen LogP contribution in [-0.4, -0.2) is 34.8 Å². The van der Waals surface area contributed by atoms with Crippen molar-refractivity contribution < 1.29 is 18.7 Å². The number of nitrogens with one attached hydrogen (secondary N) is 1. The summed E-state index contributed by atoms with van der Waals surface area (Å²) in [6, 6.07) is 3.63. The lowest BCUT2D eigenvalue weighted by atomic mass is 10.0. The van der Waals surface area contributed by atoms with Crippen LogP contribution in [0.3, 0.4) is 0 Å². The molecule has 1 atom stereocenters. The van der Waals surface area contributed by atoms with Gasteiger partial charge in [0.1, 0.15) is 17.2 Å². The Morgan fingerprint density at radius 1 is 1.15 bits per heavy atom. The maximum Gasteiger partial charge on any atom is 0.339 e. The van der Waals surface area contributed by atoms with Crippen LogP contribution in [0, 0.1) is 13.8 Å². The number of aromatic nitrogens is 2. The van der Waals surface area contributed by atoms with E-state index in [0.29, 0.717) is 23.5 Å². The van der Waals surface area contributed by atoms with Gasteiger partial charge in [-0.1, -0.05) is 12.1 Å². The Kier molecular flexibility index (Phi) is 7.14. The molecule has 1 aromatic heterocycles. The lowest BCUT2D eigenvalue weighted by Gasteiger charge is -2.27. The SMILES string of the molecule is CCOP(=O)(OCC)C(CNc1cnccn1)c1cc(C)c(O)c(C)c1. The second-order valence-corrected chi connectivity index (χ2v) is 8.09. The maximum absolute atomic E-state index is 13.5. The Morgan fingerprint density at radius 3 is 2.27 bits per heavy atom. The quantitative estimate of drug-likeness (QED) is 0.630. The van der Waals surface area contributed by atoms with Crippen LogP contribution in [-0.2, 0) is 13.6 Å². The van der Waals surface area contributed by atoms with Crippen molar-refractivity contribution in [2.75, 3.05) is 25.1 Å². The predicted molar refractivity (Wildman–Crippen MR) is 102 cm³/mol. The van der Waals surface area contributed by atoms with Gasteiger partial charge in [0.05, 0.1) is 19.4 Å². The predicted octanol–water partition coefficient (Wildman–Crippen LogP) is 4.22. The van der Waals surface area contributed by atoms with Gasteiger partial charge in [-0.15, -0.1) is 0 Å². The molecule has 1 heterocycles. The van der Waals surface area contributed by atoms with E-state index in [-0.39, 0.29) is 19.0 Å². The lowest BCUT2D eigenvalue weighted by Crippen LogP contribution is -2.17. The molecule has 1 unspecified atom stereocenters. The van der Waals surface area contributed by atoms with Gasteiger partial charge in [-0.25, -0.2) is 4.98 Å². The molecular formula is C18H26N3O4P. The molecule has 26 heavy (non-hydrogen) atoms. The molecule has 2 rings (SSSR count). The van der Waals surface area contributed by atoms with Crippen LogP contribution in [0.1, 0.15) is 36.2 Å². The summed E-state index contributed by atoms with van der Waals surface area (Å²) in [5.41, 5.74) is 1.65. The molecule has 1 aromatic carbocycles. The number of benzene rings is 1. The molecule has 0 radical (unpaired) electrons. The molecule has 0 fully saturated rings. The molecule has 142 valence electrons. The molecule has 0 saturated heterocycles. The highest BCUT2D eigenvalue weighted by Crippen LogP contribution is 2.61. The number of phenolic OH excluding ortho intramolecular Hbond substituents is 1. The summed E-state index contributed by atoms with van der Waals surface area (Å²) in [5, 5.41) is 13.2. The van der Waals surface area contributed by atoms with E-state index in [1.54, 1.807) is 32.4 Å². The molecule has 0 saturated carbocycles. The fourth-order valence-electron chi connectivity index (χ4n) is 2.76. The molecule has 0 amide bonds. The van der Waals surface area contributed by atoms with Gasteiger partial charge < -0.3 is 19.5 Å². The van der Waals surface area contributed by atoms with Gasteiger partial charge in [0, 0.05) is 18.9 Å². The minimum Gasteiger partial charge on any atom is -0.507 e. The molecule has 0 aliphatic heterocycles. The highest BCUT2D eigenvalue weighted by Gasteiger charge is 2.37. The van der Waals surface area contributed by atoms with Crippen molar-refractivity contribution in [3.8, 4) is 5.75 Å². The average Bonchev–Trinajstić information content (AvgIpc) is 2.61. The van der Waals surface area contributed by atoms with E-state index in [2.05, 4.69) is 15.3 Å². The number of nitrogens with zero attached hydrogens (tertiary/aromatic N) is 2. The van der Waals surface area contributed by atoms with Crippen molar-refractivity contribution in [3.05, 3.63) is 47.4 Å². The molecule has 2 aromatic rings. The van der Waals surface area contributed by atoms with Gasteiger partial charge in [-0.2, -0.15) is 0 Å². The Bertz CT molecular complexity index is 737. The summed E-state index contributed by atoms with van der Waals surface area (Å²) < 4.78 is 24.6. The largest absolute Gasteiger partial charge is 0.507 e. The normalized spacial score (nSPS) is 12.8.